The average molecular weight is 216 g/mol. The summed E-state index contributed by atoms with van der Waals surface area (Å²) in [6, 6.07) is -0.0724. The fourth-order valence-electron chi connectivity index (χ4n) is 1.75. The summed E-state index contributed by atoms with van der Waals surface area (Å²) in [5.74, 6) is 0.0409. The SMILES string of the molecule is CNC(=O)[C@@H]1C[C@H](SC(C)=O)CN1C. The quantitative estimate of drug-likeness (QED) is 0.710. The van der Waals surface area contributed by atoms with Crippen molar-refractivity contribution in [2.24, 2.45) is 0 Å². The molecule has 0 saturated carbocycles. The van der Waals surface area contributed by atoms with Gasteiger partial charge in [-0.1, -0.05) is 11.8 Å². The number of likely N-dealkylation sites (N-methyl/N-ethyl adjacent to an activating group) is 2. The molecule has 2 atom stereocenters. The van der Waals surface area contributed by atoms with E-state index in [9.17, 15) is 9.59 Å². The molecule has 1 saturated heterocycles. The number of carbonyl (C=O) groups is 2. The molecule has 1 amide bonds. The van der Waals surface area contributed by atoms with Crippen LogP contribution in [-0.4, -0.2) is 47.9 Å². The van der Waals surface area contributed by atoms with Gasteiger partial charge in [-0.05, 0) is 13.5 Å². The van der Waals surface area contributed by atoms with Crippen LogP contribution in [0.2, 0.25) is 0 Å². The first kappa shape index (κ1) is 11.5. The van der Waals surface area contributed by atoms with Crippen molar-refractivity contribution < 1.29 is 9.59 Å². The number of rotatable bonds is 2. The third-order valence-corrected chi connectivity index (χ3v) is 3.40. The standard InChI is InChI=1S/C9H16N2O2S/c1-6(12)14-7-4-8(9(13)10-2)11(3)5-7/h7-8H,4-5H2,1-3H3,(H,10,13)/t7-,8-/m0/s1. The number of nitrogens with one attached hydrogen (secondary N) is 1. The Hall–Kier alpha value is -0.550. The summed E-state index contributed by atoms with van der Waals surface area (Å²) in [7, 11) is 3.56. The summed E-state index contributed by atoms with van der Waals surface area (Å²) in [4.78, 5) is 24.3. The minimum atomic E-state index is -0.0724. The number of amides is 1. The highest BCUT2D eigenvalue weighted by Gasteiger charge is 2.34. The second-order valence-electron chi connectivity index (χ2n) is 3.54. The van der Waals surface area contributed by atoms with Gasteiger partial charge in [0.2, 0.25) is 5.91 Å². The number of hydrogen-bond donors (Lipinski definition) is 1. The summed E-state index contributed by atoms with van der Waals surface area (Å²) in [5.41, 5.74) is 0. The van der Waals surface area contributed by atoms with E-state index in [1.165, 1.54) is 11.8 Å². The van der Waals surface area contributed by atoms with Crippen LogP contribution < -0.4 is 5.32 Å². The van der Waals surface area contributed by atoms with Crippen molar-refractivity contribution in [1.82, 2.24) is 10.2 Å². The van der Waals surface area contributed by atoms with Crippen LogP contribution in [0.1, 0.15) is 13.3 Å². The van der Waals surface area contributed by atoms with Crippen molar-refractivity contribution in [3.05, 3.63) is 0 Å². The first-order valence-electron chi connectivity index (χ1n) is 4.63. The lowest BCUT2D eigenvalue weighted by atomic mass is 10.2. The Kier molecular flexibility index (Phi) is 3.95. The molecule has 0 aliphatic carbocycles. The van der Waals surface area contributed by atoms with E-state index in [4.69, 9.17) is 0 Å². The van der Waals surface area contributed by atoms with Gasteiger partial charge in [0, 0.05) is 25.8 Å². The highest BCUT2D eigenvalue weighted by Crippen LogP contribution is 2.26. The van der Waals surface area contributed by atoms with E-state index in [0.29, 0.717) is 0 Å². The van der Waals surface area contributed by atoms with Gasteiger partial charge < -0.3 is 5.32 Å². The van der Waals surface area contributed by atoms with Crippen LogP contribution in [-0.2, 0) is 9.59 Å². The second kappa shape index (κ2) is 4.79. The van der Waals surface area contributed by atoms with Gasteiger partial charge in [-0.25, -0.2) is 0 Å². The molecule has 0 aromatic carbocycles. The molecule has 14 heavy (non-hydrogen) atoms. The summed E-state index contributed by atoms with van der Waals surface area (Å²) >= 11 is 1.34. The van der Waals surface area contributed by atoms with E-state index < -0.39 is 0 Å². The van der Waals surface area contributed by atoms with Crippen molar-refractivity contribution in [3.63, 3.8) is 0 Å². The Balaban J connectivity index is 2.51. The monoisotopic (exact) mass is 216 g/mol. The minimum Gasteiger partial charge on any atom is -0.358 e. The van der Waals surface area contributed by atoms with E-state index in [0.717, 1.165) is 13.0 Å². The largest absolute Gasteiger partial charge is 0.358 e. The van der Waals surface area contributed by atoms with Gasteiger partial charge in [-0.15, -0.1) is 0 Å². The molecule has 1 aliphatic rings. The van der Waals surface area contributed by atoms with Crippen LogP contribution in [0.5, 0.6) is 0 Å². The molecule has 0 unspecified atom stereocenters. The van der Waals surface area contributed by atoms with Crippen LogP contribution >= 0.6 is 11.8 Å². The van der Waals surface area contributed by atoms with Gasteiger partial charge in [0.05, 0.1) is 6.04 Å². The smallest absolute Gasteiger partial charge is 0.237 e. The van der Waals surface area contributed by atoms with Crippen LogP contribution in [0.3, 0.4) is 0 Å². The Labute approximate surface area is 88.4 Å². The van der Waals surface area contributed by atoms with Crippen LogP contribution in [0.15, 0.2) is 0 Å². The Bertz CT molecular complexity index is 245. The van der Waals surface area contributed by atoms with E-state index in [2.05, 4.69) is 5.32 Å². The lowest BCUT2D eigenvalue weighted by Gasteiger charge is -2.16. The fraction of sp³-hybridized carbons (Fsp3) is 0.778. The van der Waals surface area contributed by atoms with Crippen molar-refractivity contribution in [2.75, 3.05) is 20.6 Å². The topological polar surface area (TPSA) is 49.4 Å². The summed E-state index contributed by atoms with van der Waals surface area (Å²) in [5, 5.41) is 3.03. The molecule has 0 aromatic heterocycles. The van der Waals surface area contributed by atoms with Gasteiger partial charge in [-0.2, -0.15) is 0 Å². The van der Waals surface area contributed by atoms with Gasteiger partial charge in [0.1, 0.15) is 0 Å². The molecule has 5 heteroatoms. The molecule has 0 aromatic rings. The zero-order valence-electron chi connectivity index (χ0n) is 8.74. The van der Waals surface area contributed by atoms with Crippen LogP contribution in [0.25, 0.3) is 0 Å². The molecule has 1 aliphatic heterocycles. The Morgan fingerprint density at radius 3 is 2.64 bits per heavy atom. The summed E-state index contributed by atoms with van der Waals surface area (Å²) in [6.45, 7) is 2.38. The highest BCUT2D eigenvalue weighted by atomic mass is 32.2. The maximum atomic E-state index is 11.4. The maximum absolute atomic E-state index is 11.4. The predicted molar refractivity (Wildman–Crippen MR) is 57.2 cm³/mol. The Morgan fingerprint density at radius 1 is 1.50 bits per heavy atom. The molecule has 1 heterocycles. The number of carbonyl (C=O) groups excluding carboxylic acids is 2. The van der Waals surface area contributed by atoms with E-state index in [-0.39, 0.29) is 22.3 Å². The minimum absolute atomic E-state index is 0.0409. The van der Waals surface area contributed by atoms with Crippen molar-refractivity contribution in [1.29, 1.82) is 0 Å². The van der Waals surface area contributed by atoms with E-state index in [1.807, 2.05) is 11.9 Å². The zero-order chi connectivity index (χ0) is 10.7. The molecule has 1 N–H and O–H groups in total. The second-order valence-corrected chi connectivity index (χ2v) is 5.01. The first-order chi connectivity index (χ1) is 6.54. The van der Waals surface area contributed by atoms with E-state index in [1.54, 1.807) is 14.0 Å². The van der Waals surface area contributed by atoms with Crippen molar-refractivity contribution in [3.8, 4) is 0 Å². The van der Waals surface area contributed by atoms with Gasteiger partial charge in [-0.3, -0.25) is 14.5 Å². The van der Waals surface area contributed by atoms with Gasteiger partial charge >= 0.3 is 0 Å². The maximum Gasteiger partial charge on any atom is 0.237 e. The lowest BCUT2D eigenvalue weighted by Crippen LogP contribution is -2.39. The molecule has 1 fully saturated rings. The van der Waals surface area contributed by atoms with Crippen molar-refractivity contribution >= 4 is 22.8 Å². The number of nitrogens with zero attached hydrogens (tertiary/aromatic N) is 1. The average Bonchev–Trinajstić information content (AvgIpc) is 2.44. The van der Waals surface area contributed by atoms with Crippen LogP contribution in [0.4, 0.5) is 0 Å². The lowest BCUT2D eigenvalue weighted by molar-refractivity contribution is -0.124. The summed E-state index contributed by atoms with van der Waals surface area (Å²) < 4.78 is 0. The van der Waals surface area contributed by atoms with E-state index >= 15 is 0 Å². The Morgan fingerprint density at radius 2 is 2.14 bits per heavy atom. The summed E-state index contributed by atoms with van der Waals surface area (Å²) in [6.07, 6.45) is 0.764. The predicted octanol–water partition coefficient (Wildman–Crippen LogP) is 0.0848. The van der Waals surface area contributed by atoms with Gasteiger partial charge in [0.25, 0.3) is 0 Å². The molecular formula is C9H16N2O2S. The van der Waals surface area contributed by atoms with Crippen LogP contribution in [0, 0.1) is 0 Å². The number of hydrogen-bond acceptors (Lipinski definition) is 4. The normalized spacial score (nSPS) is 27.6. The molecule has 0 radical (unpaired) electrons. The molecular weight excluding hydrogens is 200 g/mol. The molecule has 0 bridgehead atoms. The highest BCUT2D eigenvalue weighted by molar-refractivity contribution is 8.14. The molecule has 0 spiro atoms. The third-order valence-electron chi connectivity index (χ3n) is 2.39. The molecule has 1 rings (SSSR count). The zero-order valence-corrected chi connectivity index (χ0v) is 9.56. The first-order valence-corrected chi connectivity index (χ1v) is 5.51. The molecule has 80 valence electrons. The van der Waals surface area contributed by atoms with Crippen molar-refractivity contribution in [2.45, 2.75) is 24.6 Å². The molecule has 4 nitrogen and oxygen atoms in total. The van der Waals surface area contributed by atoms with Gasteiger partial charge in [0.15, 0.2) is 5.12 Å². The third kappa shape index (κ3) is 2.72. The number of likely N-dealkylation sites (tertiary alicyclic amines) is 1. The number of thioether (sulfide) groups is 1. The fourth-order valence-corrected chi connectivity index (χ4v) is 2.80.